The van der Waals surface area contributed by atoms with Gasteiger partial charge in [0, 0.05) is 19.5 Å². The number of nitrogens with zero attached hydrogens (tertiary/aromatic N) is 1. The van der Waals surface area contributed by atoms with Gasteiger partial charge >= 0.3 is 0 Å². The minimum atomic E-state index is 0.199. The van der Waals surface area contributed by atoms with Gasteiger partial charge in [-0.05, 0) is 30.5 Å². The molecule has 0 spiro atoms. The van der Waals surface area contributed by atoms with E-state index in [0.717, 1.165) is 31.7 Å². The molecule has 4 heteroatoms. The van der Waals surface area contributed by atoms with Crippen LogP contribution in [0.3, 0.4) is 0 Å². The average Bonchev–Trinajstić information content (AvgIpc) is 2.38. The van der Waals surface area contributed by atoms with Crippen molar-refractivity contribution < 1.29 is 9.53 Å². The van der Waals surface area contributed by atoms with Crippen molar-refractivity contribution >= 4 is 5.91 Å². The molecule has 2 rings (SSSR count). The molecule has 1 aromatic rings. The Hall–Kier alpha value is -1.55. The molecule has 1 heterocycles. The van der Waals surface area contributed by atoms with Gasteiger partial charge in [0.2, 0.25) is 5.91 Å². The molecule has 0 aliphatic carbocycles. The van der Waals surface area contributed by atoms with Gasteiger partial charge in [-0.15, -0.1) is 0 Å². The van der Waals surface area contributed by atoms with Gasteiger partial charge in [-0.3, -0.25) is 9.80 Å². The first-order valence-electron chi connectivity index (χ1n) is 5.96. The van der Waals surface area contributed by atoms with Crippen LogP contribution in [-0.2, 0) is 11.2 Å². The number of hydrogen-bond donors (Lipinski definition) is 1. The zero-order valence-electron chi connectivity index (χ0n) is 10.1. The molecule has 1 N–H and O–H groups in total. The Morgan fingerprint density at radius 1 is 1.35 bits per heavy atom. The number of hydrazine groups is 1. The zero-order valence-corrected chi connectivity index (χ0v) is 10.1. The van der Waals surface area contributed by atoms with Crippen molar-refractivity contribution in [1.82, 2.24) is 10.4 Å². The normalized spacial score (nSPS) is 16.1. The molecule has 1 amide bonds. The largest absolute Gasteiger partial charge is 0.497 e. The summed E-state index contributed by atoms with van der Waals surface area (Å²) in [5.74, 6) is 1.06. The van der Waals surface area contributed by atoms with Crippen molar-refractivity contribution in [1.29, 1.82) is 0 Å². The number of ether oxygens (including phenoxy) is 1. The molecule has 1 aromatic carbocycles. The third kappa shape index (κ3) is 3.20. The SMILES string of the molecule is COc1ccc(CCN2NCCCC2=O)cc1. The highest BCUT2D eigenvalue weighted by molar-refractivity contribution is 5.76. The molecular weight excluding hydrogens is 216 g/mol. The lowest BCUT2D eigenvalue weighted by atomic mass is 10.1. The first-order chi connectivity index (χ1) is 8.29. The molecule has 0 aromatic heterocycles. The molecule has 0 unspecified atom stereocenters. The quantitative estimate of drug-likeness (QED) is 0.855. The minimum Gasteiger partial charge on any atom is -0.497 e. The fourth-order valence-corrected chi connectivity index (χ4v) is 1.91. The van der Waals surface area contributed by atoms with Crippen LogP contribution in [0.1, 0.15) is 18.4 Å². The molecule has 1 saturated heterocycles. The van der Waals surface area contributed by atoms with Gasteiger partial charge < -0.3 is 4.74 Å². The van der Waals surface area contributed by atoms with E-state index in [0.29, 0.717) is 6.42 Å². The van der Waals surface area contributed by atoms with Gasteiger partial charge in [-0.25, -0.2) is 5.43 Å². The molecule has 92 valence electrons. The Labute approximate surface area is 102 Å². The lowest BCUT2D eigenvalue weighted by molar-refractivity contribution is -0.136. The first-order valence-corrected chi connectivity index (χ1v) is 5.96. The summed E-state index contributed by atoms with van der Waals surface area (Å²) in [5, 5.41) is 1.73. The molecular formula is C13H18N2O2. The standard InChI is InChI=1S/C13H18N2O2/c1-17-12-6-4-11(5-7-12)8-10-15-13(16)3-2-9-14-15/h4-7,14H,2-3,8-10H2,1H3. The van der Waals surface area contributed by atoms with Crippen LogP contribution in [0.25, 0.3) is 0 Å². The summed E-state index contributed by atoms with van der Waals surface area (Å²) in [7, 11) is 1.66. The van der Waals surface area contributed by atoms with E-state index < -0.39 is 0 Å². The summed E-state index contributed by atoms with van der Waals surface area (Å²) in [4.78, 5) is 11.6. The number of carbonyl (C=O) groups excluding carboxylic acids is 1. The third-order valence-electron chi connectivity index (χ3n) is 2.95. The van der Waals surface area contributed by atoms with Crippen molar-refractivity contribution in [3.8, 4) is 5.75 Å². The van der Waals surface area contributed by atoms with Crippen LogP contribution in [0.2, 0.25) is 0 Å². The predicted octanol–water partition coefficient (Wildman–Crippen LogP) is 1.36. The Bertz CT molecular complexity index is 376. The predicted molar refractivity (Wildman–Crippen MR) is 65.6 cm³/mol. The maximum absolute atomic E-state index is 11.6. The van der Waals surface area contributed by atoms with Gasteiger partial charge in [-0.2, -0.15) is 0 Å². The molecule has 1 aliphatic heterocycles. The van der Waals surface area contributed by atoms with Crippen LogP contribution in [0, 0.1) is 0 Å². The van der Waals surface area contributed by atoms with Gasteiger partial charge in [0.25, 0.3) is 0 Å². The second-order valence-corrected chi connectivity index (χ2v) is 4.16. The summed E-state index contributed by atoms with van der Waals surface area (Å²) in [5.41, 5.74) is 4.33. The Balaban J connectivity index is 1.86. The van der Waals surface area contributed by atoms with Crippen molar-refractivity contribution in [2.45, 2.75) is 19.3 Å². The van der Waals surface area contributed by atoms with Crippen LogP contribution in [0.5, 0.6) is 5.75 Å². The molecule has 0 bridgehead atoms. The molecule has 17 heavy (non-hydrogen) atoms. The van der Waals surface area contributed by atoms with E-state index in [1.807, 2.05) is 24.3 Å². The molecule has 0 saturated carbocycles. The number of hydrogen-bond acceptors (Lipinski definition) is 3. The van der Waals surface area contributed by atoms with Crippen molar-refractivity contribution in [3.63, 3.8) is 0 Å². The summed E-state index contributed by atoms with van der Waals surface area (Å²) in [6.07, 6.45) is 2.47. The maximum Gasteiger partial charge on any atom is 0.236 e. The average molecular weight is 234 g/mol. The molecule has 0 radical (unpaired) electrons. The smallest absolute Gasteiger partial charge is 0.236 e. The highest BCUT2D eigenvalue weighted by Gasteiger charge is 2.16. The van der Waals surface area contributed by atoms with Crippen molar-refractivity contribution in [2.75, 3.05) is 20.2 Å². The fraction of sp³-hybridized carbons (Fsp3) is 0.462. The van der Waals surface area contributed by atoms with E-state index >= 15 is 0 Å². The van der Waals surface area contributed by atoms with E-state index in [-0.39, 0.29) is 5.91 Å². The number of benzene rings is 1. The van der Waals surface area contributed by atoms with Gasteiger partial charge in [0.1, 0.15) is 5.75 Å². The lowest BCUT2D eigenvalue weighted by Gasteiger charge is -2.27. The third-order valence-corrected chi connectivity index (χ3v) is 2.95. The maximum atomic E-state index is 11.6. The van der Waals surface area contributed by atoms with E-state index in [9.17, 15) is 4.79 Å². The van der Waals surface area contributed by atoms with E-state index in [1.54, 1.807) is 12.1 Å². The second kappa shape index (κ2) is 5.68. The lowest BCUT2D eigenvalue weighted by Crippen LogP contribution is -2.47. The second-order valence-electron chi connectivity index (χ2n) is 4.16. The Morgan fingerprint density at radius 2 is 2.12 bits per heavy atom. The summed E-state index contributed by atoms with van der Waals surface area (Å²) in [6.45, 7) is 1.62. The van der Waals surface area contributed by atoms with Crippen LogP contribution < -0.4 is 10.2 Å². The van der Waals surface area contributed by atoms with E-state index in [2.05, 4.69) is 5.43 Å². The number of rotatable bonds is 4. The van der Waals surface area contributed by atoms with Crippen molar-refractivity contribution in [2.24, 2.45) is 0 Å². The summed E-state index contributed by atoms with van der Waals surface area (Å²) in [6, 6.07) is 7.96. The number of amides is 1. The van der Waals surface area contributed by atoms with E-state index in [4.69, 9.17) is 4.74 Å². The van der Waals surface area contributed by atoms with Crippen LogP contribution in [0.4, 0.5) is 0 Å². The van der Waals surface area contributed by atoms with Crippen LogP contribution in [0.15, 0.2) is 24.3 Å². The van der Waals surface area contributed by atoms with Crippen LogP contribution in [-0.4, -0.2) is 31.1 Å². The number of carbonyl (C=O) groups is 1. The highest BCUT2D eigenvalue weighted by Crippen LogP contribution is 2.12. The van der Waals surface area contributed by atoms with Crippen molar-refractivity contribution in [3.05, 3.63) is 29.8 Å². The first kappa shape index (κ1) is 11.9. The van der Waals surface area contributed by atoms with E-state index in [1.165, 1.54) is 5.56 Å². The monoisotopic (exact) mass is 234 g/mol. The molecule has 1 aliphatic rings. The summed E-state index contributed by atoms with van der Waals surface area (Å²) < 4.78 is 5.10. The van der Waals surface area contributed by atoms with Crippen LogP contribution >= 0.6 is 0 Å². The molecule has 4 nitrogen and oxygen atoms in total. The molecule has 0 atom stereocenters. The highest BCUT2D eigenvalue weighted by atomic mass is 16.5. The fourth-order valence-electron chi connectivity index (χ4n) is 1.91. The minimum absolute atomic E-state index is 0.199. The Kier molecular flexibility index (Phi) is 3.98. The van der Waals surface area contributed by atoms with Gasteiger partial charge in [-0.1, -0.05) is 12.1 Å². The summed E-state index contributed by atoms with van der Waals surface area (Å²) >= 11 is 0. The number of nitrogens with one attached hydrogen (secondary N) is 1. The topological polar surface area (TPSA) is 41.6 Å². The number of methoxy groups -OCH3 is 1. The van der Waals surface area contributed by atoms with Gasteiger partial charge in [0.05, 0.1) is 7.11 Å². The molecule has 1 fully saturated rings. The Morgan fingerprint density at radius 3 is 2.76 bits per heavy atom. The zero-order chi connectivity index (χ0) is 12.1. The van der Waals surface area contributed by atoms with Gasteiger partial charge in [0.15, 0.2) is 0 Å².